The molecule has 0 N–H and O–H groups in total. The van der Waals surface area contributed by atoms with E-state index in [1.165, 1.54) is 0 Å². The van der Waals surface area contributed by atoms with Crippen molar-refractivity contribution in [3.8, 4) is 0 Å². The average molecular weight is 1130 g/mol. The van der Waals surface area contributed by atoms with Crippen molar-refractivity contribution in [2.24, 2.45) is 0 Å². The molecule has 0 bridgehead atoms. The van der Waals surface area contributed by atoms with Gasteiger partial charge in [0.25, 0.3) is 0 Å². The Balaban J connectivity index is 1.35. The van der Waals surface area contributed by atoms with Crippen molar-refractivity contribution in [1.82, 2.24) is 0 Å². The molecule has 3 aliphatic carbocycles. The third kappa shape index (κ3) is 8.58. The second kappa shape index (κ2) is 23.0. The molecule has 12 rings (SSSR count). The normalized spacial score (nSPS) is 18.5. The molecule has 80 heavy (non-hydrogen) atoms. The first-order valence-corrected chi connectivity index (χ1v) is 37.8. The fourth-order valence-corrected chi connectivity index (χ4v) is 44.3. The molecule has 0 aromatic heterocycles. The summed E-state index contributed by atoms with van der Waals surface area (Å²) in [4.78, 5) is 0. The van der Waals surface area contributed by atoms with E-state index in [0.29, 0.717) is 0 Å². The van der Waals surface area contributed by atoms with Gasteiger partial charge in [0.05, 0.1) is 0 Å². The molecule has 0 unspecified atom stereocenters. The summed E-state index contributed by atoms with van der Waals surface area (Å²) < 4.78 is 48.3. The van der Waals surface area contributed by atoms with E-state index in [2.05, 4.69) is 273 Å². The average Bonchev–Trinajstić information content (AvgIpc) is 3.72. The molecule has 0 heterocycles. The third-order valence-corrected chi connectivity index (χ3v) is 43.2. The van der Waals surface area contributed by atoms with E-state index >= 15 is 4.57 Å². The van der Waals surface area contributed by atoms with Crippen LogP contribution in [0, 0.1) is 0 Å². The first kappa shape index (κ1) is 54.9. The van der Waals surface area contributed by atoms with Crippen LogP contribution in [0.2, 0.25) is 0 Å². The Kier molecular flexibility index (Phi) is 15.8. The Morgan fingerprint density at radius 1 is 0.225 bits per heavy atom. The summed E-state index contributed by atoms with van der Waals surface area (Å²) in [7, 11) is -5.30. The topological polar surface area (TPSA) is 44.8 Å². The van der Waals surface area contributed by atoms with Crippen LogP contribution in [0.1, 0.15) is 96.3 Å². The van der Waals surface area contributed by atoms with Gasteiger partial charge in [-0.3, -0.25) is 0 Å². The van der Waals surface area contributed by atoms with Gasteiger partial charge in [-0.2, -0.15) is 0 Å². The molecule has 4 nitrogen and oxygen atoms in total. The van der Waals surface area contributed by atoms with Crippen LogP contribution in [-0.4, -0.2) is 17.0 Å². The Labute approximate surface area is 477 Å². The summed E-state index contributed by atoms with van der Waals surface area (Å²) in [6.07, 6.45) is 14.7. The van der Waals surface area contributed by atoms with Crippen molar-refractivity contribution in [3.63, 3.8) is 0 Å². The Bertz CT molecular complexity index is 2800. The third-order valence-electron chi connectivity index (χ3n) is 19.0. The maximum absolute atomic E-state index is 20.4. The maximum atomic E-state index is 20.4. The molecule has 3 saturated carbocycles. The van der Waals surface area contributed by atoms with Gasteiger partial charge in [0, 0.05) is 0 Å². The summed E-state index contributed by atoms with van der Waals surface area (Å²) in [5, 5.41) is 9.29. The van der Waals surface area contributed by atoms with E-state index < -0.39 is 28.3 Å². The zero-order valence-electron chi connectivity index (χ0n) is 46.2. The predicted octanol–water partition coefficient (Wildman–Crippen LogP) is 16.5. The summed E-state index contributed by atoms with van der Waals surface area (Å²) in [5.74, 6) is 0. The quantitative estimate of drug-likeness (QED) is 0.0803. The van der Waals surface area contributed by atoms with Crippen LogP contribution in [-0.2, 0) is 17.5 Å². The van der Waals surface area contributed by atoms with Crippen LogP contribution >= 0.6 is 28.3 Å². The molecule has 9 aromatic carbocycles. The summed E-state index contributed by atoms with van der Waals surface area (Å²) in [6, 6.07) is 99.2. The van der Waals surface area contributed by atoms with Crippen molar-refractivity contribution in [2.75, 3.05) is 0 Å². The van der Waals surface area contributed by atoms with Gasteiger partial charge in [0.1, 0.15) is 0 Å². The molecule has 0 amide bonds. The van der Waals surface area contributed by atoms with Crippen molar-refractivity contribution in [3.05, 3.63) is 273 Å². The molecule has 3 aliphatic rings. The van der Waals surface area contributed by atoms with Crippen LogP contribution in [0.3, 0.4) is 0 Å². The first-order valence-electron chi connectivity index (χ1n) is 29.7. The van der Waals surface area contributed by atoms with Crippen LogP contribution in [0.25, 0.3) is 0 Å². The minimum absolute atomic E-state index is 0.0979. The second-order valence-electron chi connectivity index (χ2n) is 22.9. The zero-order chi connectivity index (χ0) is 54.3. The van der Waals surface area contributed by atoms with Crippen LogP contribution in [0.5, 0.6) is 0 Å². The Morgan fingerprint density at radius 2 is 0.362 bits per heavy atom. The Hall–Kier alpha value is -5.62. The van der Waals surface area contributed by atoms with Crippen molar-refractivity contribution in [2.45, 2.75) is 113 Å². The Morgan fingerprint density at radius 3 is 0.500 bits per heavy atom. The fourth-order valence-electron chi connectivity index (χ4n) is 15.8. The molecule has 8 heteroatoms. The molecule has 0 spiro atoms. The van der Waals surface area contributed by atoms with E-state index in [4.69, 9.17) is 0 Å². The van der Waals surface area contributed by atoms with Crippen molar-refractivity contribution >= 4 is 76.1 Å². The zero-order valence-corrected chi connectivity index (χ0v) is 49.8. The van der Waals surface area contributed by atoms with Crippen LogP contribution in [0.15, 0.2) is 273 Å². The molecular formula is C72H78O4P4. The number of benzene rings is 9. The number of hydrogen-bond acceptors (Lipinski definition) is 4. The van der Waals surface area contributed by atoms with Gasteiger partial charge in [-0.25, -0.2) is 0 Å². The predicted molar refractivity (Wildman–Crippen MR) is 347 cm³/mol. The van der Waals surface area contributed by atoms with E-state index in [0.717, 1.165) is 144 Å². The number of hydrogen-bond donors (Lipinski definition) is 0. The first-order chi connectivity index (χ1) is 39.4. The SMILES string of the molecule is O=P(OP(c1ccccc1)(c1ccccc1)(c1ccccc1)C1CCCCC1)(OP(c1ccccc1)(c1ccccc1)(c1ccccc1)C1CCCCC1)OP(c1ccccc1)(c1ccccc1)(c1ccccc1)C1CCCCC1. The molecule has 0 radical (unpaired) electrons. The van der Waals surface area contributed by atoms with E-state index in [1.54, 1.807) is 0 Å². The van der Waals surface area contributed by atoms with E-state index in [9.17, 15) is 12.9 Å². The van der Waals surface area contributed by atoms with Gasteiger partial charge in [-0.15, -0.1) is 0 Å². The van der Waals surface area contributed by atoms with Gasteiger partial charge in [-0.05, 0) is 0 Å². The van der Waals surface area contributed by atoms with Gasteiger partial charge >= 0.3 is 480 Å². The molecule has 0 saturated heterocycles. The molecule has 3 fully saturated rings. The van der Waals surface area contributed by atoms with Gasteiger partial charge in [0.15, 0.2) is 0 Å². The minimum atomic E-state index is -5.30. The van der Waals surface area contributed by atoms with Gasteiger partial charge in [0.2, 0.25) is 0 Å². The summed E-state index contributed by atoms with van der Waals surface area (Å²) in [6.45, 7) is -14.2. The second-order valence-corrected chi connectivity index (χ2v) is 39.2. The summed E-state index contributed by atoms with van der Waals surface area (Å²) in [5.41, 5.74) is -0.294. The fraction of sp³-hybridized carbons (Fsp3) is 0.250. The summed E-state index contributed by atoms with van der Waals surface area (Å²) >= 11 is 0. The molecule has 0 atom stereocenters. The molecule has 9 aromatic rings. The standard InChI is InChI=1S/C72H78O4P4/c73-77(74-78(61-37-13-1-14-38-61,62-39-15-2-16-40-62,63-41-17-3-18-42-63)64-43-19-4-20-44-64,75-79(65-45-21-5-22-46-65,66-47-23-6-24-48-66,67-49-25-7-26-50-67)68-51-27-8-28-52-68)76-80(69-53-29-9-30-54-69,70-55-31-10-32-56-70,71-57-33-11-34-58-71)72-59-35-12-36-60-72/h1-3,5-7,9-11,13-18,21-26,29-34,37-42,45-50,53-58,64,68,72H,4,8,12,19-20,27-28,35-36,43-44,51-52,59-60H2. The van der Waals surface area contributed by atoms with Gasteiger partial charge in [-0.1, -0.05) is 0 Å². The molecular weight excluding hydrogens is 1050 g/mol. The van der Waals surface area contributed by atoms with Gasteiger partial charge < -0.3 is 0 Å². The van der Waals surface area contributed by atoms with Crippen LogP contribution in [0.4, 0.5) is 0 Å². The molecule has 410 valence electrons. The van der Waals surface area contributed by atoms with Crippen LogP contribution < -0.4 is 47.7 Å². The van der Waals surface area contributed by atoms with Crippen molar-refractivity contribution in [1.29, 1.82) is 0 Å². The van der Waals surface area contributed by atoms with E-state index in [-0.39, 0.29) is 17.0 Å². The monoisotopic (exact) mass is 1130 g/mol. The number of rotatable bonds is 18. The molecule has 0 aliphatic heterocycles. The van der Waals surface area contributed by atoms with E-state index in [1.807, 2.05) is 0 Å². The number of phosphoric acid groups is 1. The van der Waals surface area contributed by atoms with Crippen molar-refractivity contribution < 1.29 is 17.5 Å².